The van der Waals surface area contributed by atoms with E-state index in [1.54, 1.807) is 0 Å². The monoisotopic (exact) mass is 218 g/mol. The number of ether oxygens (including phenoxy) is 2. The summed E-state index contributed by atoms with van der Waals surface area (Å²) in [5.74, 6) is -0.450. The highest BCUT2D eigenvalue weighted by molar-refractivity contribution is 5.98. The van der Waals surface area contributed by atoms with Crippen LogP contribution in [-0.4, -0.2) is 19.0 Å². The van der Waals surface area contributed by atoms with Crippen molar-refractivity contribution in [3.05, 3.63) is 35.4 Å². The molecule has 0 bridgehead atoms. The first-order chi connectivity index (χ1) is 7.82. The summed E-state index contributed by atoms with van der Waals surface area (Å²) in [4.78, 5) is 11.9. The lowest BCUT2D eigenvalue weighted by molar-refractivity contribution is -0.170. The van der Waals surface area contributed by atoms with E-state index in [-0.39, 0.29) is 5.78 Å². The quantitative estimate of drug-likeness (QED) is 0.670. The lowest BCUT2D eigenvalue weighted by Gasteiger charge is -2.27. The number of carbonyl (C=O) groups is 1. The topological polar surface area (TPSA) is 35.5 Å². The van der Waals surface area contributed by atoms with Gasteiger partial charge in [-0.15, -0.1) is 0 Å². The van der Waals surface area contributed by atoms with Gasteiger partial charge in [-0.3, -0.25) is 4.79 Å². The molecule has 1 fully saturated rings. The van der Waals surface area contributed by atoms with Gasteiger partial charge in [-0.05, 0) is 6.42 Å². The van der Waals surface area contributed by atoms with Gasteiger partial charge in [0.05, 0.1) is 13.2 Å². The molecule has 16 heavy (non-hydrogen) atoms. The van der Waals surface area contributed by atoms with E-state index in [9.17, 15) is 4.79 Å². The van der Waals surface area contributed by atoms with Gasteiger partial charge in [0, 0.05) is 24.0 Å². The third-order valence-electron chi connectivity index (χ3n) is 3.30. The molecule has 1 aromatic rings. The van der Waals surface area contributed by atoms with Gasteiger partial charge in [0.1, 0.15) is 0 Å². The fourth-order valence-corrected chi connectivity index (χ4v) is 2.56. The first-order valence-electron chi connectivity index (χ1n) is 5.72. The number of hydrogen-bond donors (Lipinski definition) is 0. The Kier molecular flexibility index (Phi) is 2.30. The fourth-order valence-electron chi connectivity index (χ4n) is 2.56. The molecule has 1 aliphatic heterocycles. The summed E-state index contributed by atoms with van der Waals surface area (Å²) >= 11 is 0. The highest BCUT2D eigenvalue weighted by Gasteiger charge is 2.42. The first-order valence-corrected chi connectivity index (χ1v) is 5.72. The highest BCUT2D eigenvalue weighted by atomic mass is 16.7. The number of rotatable bonds is 0. The van der Waals surface area contributed by atoms with Crippen molar-refractivity contribution >= 4 is 5.78 Å². The molecule has 1 heterocycles. The second-order valence-corrected chi connectivity index (χ2v) is 4.27. The molecule has 2 aliphatic rings. The van der Waals surface area contributed by atoms with Crippen LogP contribution in [0.1, 0.15) is 35.2 Å². The van der Waals surface area contributed by atoms with Crippen LogP contribution in [0.5, 0.6) is 0 Å². The van der Waals surface area contributed by atoms with E-state index in [0.29, 0.717) is 19.6 Å². The fraction of sp³-hybridized carbons (Fsp3) is 0.462. The molecule has 1 spiro atoms. The molecule has 0 radical (unpaired) electrons. The predicted molar refractivity (Wildman–Crippen MR) is 58.2 cm³/mol. The van der Waals surface area contributed by atoms with Crippen LogP contribution in [0.2, 0.25) is 0 Å². The standard InChI is InChI=1S/C13H14O3/c14-12-6-3-7-13(15-8-9-16-13)11-5-2-1-4-10(11)12/h1-2,4-5H,3,6-9H2. The number of Topliss-reactive ketones (excluding diaryl/α,β-unsaturated/α-hetero) is 1. The zero-order valence-corrected chi connectivity index (χ0v) is 9.07. The maximum absolute atomic E-state index is 11.9. The van der Waals surface area contributed by atoms with Crippen molar-refractivity contribution in [2.75, 3.05) is 13.2 Å². The van der Waals surface area contributed by atoms with E-state index in [1.165, 1.54) is 0 Å². The van der Waals surface area contributed by atoms with Crippen LogP contribution < -0.4 is 0 Å². The summed E-state index contributed by atoms with van der Waals surface area (Å²) in [7, 11) is 0. The third-order valence-corrected chi connectivity index (χ3v) is 3.30. The van der Waals surface area contributed by atoms with Crippen LogP contribution in [0.15, 0.2) is 24.3 Å². The van der Waals surface area contributed by atoms with Gasteiger partial charge in [0.15, 0.2) is 11.6 Å². The average Bonchev–Trinajstić information content (AvgIpc) is 2.73. The van der Waals surface area contributed by atoms with Crippen molar-refractivity contribution in [1.82, 2.24) is 0 Å². The molecule has 0 saturated carbocycles. The molecular weight excluding hydrogens is 204 g/mol. The highest BCUT2D eigenvalue weighted by Crippen LogP contribution is 2.40. The number of ketones is 1. The minimum Gasteiger partial charge on any atom is -0.343 e. The zero-order valence-electron chi connectivity index (χ0n) is 9.07. The van der Waals surface area contributed by atoms with Gasteiger partial charge >= 0.3 is 0 Å². The van der Waals surface area contributed by atoms with Crippen LogP contribution in [0, 0.1) is 0 Å². The molecule has 0 aromatic heterocycles. The Morgan fingerprint density at radius 1 is 1.12 bits per heavy atom. The number of fused-ring (bicyclic) bond motifs is 2. The minimum absolute atomic E-state index is 0.201. The maximum atomic E-state index is 11.9. The molecule has 0 unspecified atom stereocenters. The predicted octanol–water partition coefficient (Wildman–Crippen LogP) is 2.25. The van der Waals surface area contributed by atoms with Gasteiger partial charge in [-0.2, -0.15) is 0 Å². The van der Waals surface area contributed by atoms with E-state index in [4.69, 9.17) is 9.47 Å². The summed E-state index contributed by atoms with van der Waals surface area (Å²) < 4.78 is 11.5. The van der Waals surface area contributed by atoms with Gasteiger partial charge in [-0.1, -0.05) is 24.3 Å². The molecule has 1 aliphatic carbocycles. The van der Waals surface area contributed by atoms with Crippen molar-refractivity contribution in [3.63, 3.8) is 0 Å². The summed E-state index contributed by atoms with van der Waals surface area (Å²) in [6, 6.07) is 7.65. The smallest absolute Gasteiger partial charge is 0.195 e. The number of hydrogen-bond acceptors (Lipinski definition) is 3. The zero-order chi connectivity index (χ0) is 11.0. The largest absolute Gasteiger partial charge is 0.343 e. The summed E-state index contributed by atoms with van der Waals surface area (Å²) in [5.41, 5.74) is 1.68. The van der Waals surface area contributed by atoms with Crippen LogP contribution in [0.4, 0.5) is 0 Å². The summed E-state index contributed by atoms with van der Waals surface area (Å²) in [6.07, 6.45) is 2.19. The lowest BCUT2D eigenvalue weighted by Crippen LogP contribution is -2.27. The van der Waals surface area contributed by atoms with Crippen molar-refractivity contribution in [3.8, 4) is 0 Å². The summed E-state index contributed by atoms with van der Waals surface area (Å²) in [5, 5.41) is 0. The van der Waals surface area contributed by atoms with E-state index in [2.05, 4.69) is 0 Å². The van der Waals surface area contributed by atoms with E-state index >= 15 is 0 Å². The molecule has 1 aromatic carbocycles. The molecule has 0 amide bonds. The van der Waals surface area contributed by atoms with Crippen molar-refractivity contribution in [1.29, 1.82) is 0 Å². The Morgan fingerprint density at radius 3 is 2.69 bits per heavy atom. The first kappa shape index (κ1) is 10.00. The van der Waals surface area contributed by atoms with E-state index in [0.717, 1.165) is 24.0 Å². The van der Waals surface area contributed by atoms with Crippen molar-refractivity contribution in [2.45, 2.75) is 25.0 Å². The van der Waals surface area contributed by atoms with Crippen molar-refractivity contribution in [2.24, 2.45) is 0 Å². The van der Waals surface area contributed by atoms with Gasteiger partial charge in [0.2, 0.25) is 0 Å². The minimum atomic E-state index is -0.650. The Hall–Kier alpha value is -1.19. The molecule has 3 rings (SSSR count). The normalized spacial score (nSPS) is 23.1. The van der Waals surface area contributed by atoms with Crippen LogP contribution in [0.25, 0.3) is 0 Å². The third kappa shape index (κ3) is 1.39. The van der Waals surface area contributed by atoms with Gasteiger partial charge in [-0.25, -0.2) is 0 Å². The Labute approximate surface area is 94.4 Å². The van der Waals surface area contributed by atoms with E-state index in [1.807, 2.05) is 24.3 Å². The lowest BCUT2D eigenvalue weighted by atomic mass is 9.97. The number of benzene rings is 1. The SMILES string of the molecule is O=C1CCCC2(OCCO2)c2ccccc21. The average molecular weight is 218 g/mol. The van der Waals surface area contributed by atoms with Crippen molar-refractivity contribution < 1.29 is 14.3 Å². The molecule has 3 nitrogen and oxygen atoms in total. The molecule has 3 heteroatoms. The second-order valence-electron chi connectivity index (χ2n) is 4.27. The number of carbonyl (C=O) groups excluding carboxylic acids is 1. The van der Waals surface area contributed by atoms with Gasteiger partial charge in [0.25, 0.3) is 0 Å². The van der Waals surface area contributed by atoms with E-state index < -0.39 is 5.79 Å². The maximum Gasteiger partial charge on any atom is 0.195 e. The molecule has 1 saturated heterocycles. The van der Waals surface area contributed by atoms with Crippen LogP contribution in [0.3, 0.4) is 0 Å². The second kappa shape index (κ2) is 3.68. The molecule has 0 N–H and O–H groups in total. The Morgan fingerprint density at radius 2 is 1.88 bits per heavy atom. The van der Waals surface area contributed by atoms with Gasteiger partial charge < -0.3 is 9.47 Å². The van der Waals surface area contributed by atoms with Crippen LogP contribution >= 0.6 is 0 Å². The Bertz CT molecular complexity index is 419. The molecule has 84 valence electrons. The summed E-state index contributed by atoms with van der Waals surface area (Å²) in [6.45, 7) is 1.23. The Balaban J connectivity index is 2.15. The molecule has 0 atom stereocenters. The van der Waals surface area contributed by atoms with Crippen LogP contribution in [-0.2, 0) is 15.3 Å². The molecular formula is C13H14O3.